The van der Waals surface area contributed by atoms with Gasteiger partial charge in [-0.1, -0.05) is 154 Å². The monoisotopic (exact) mass is 771 g/mol. The number of carbonyl (C=O) groups is 1. The van der Waals surface area contributed by atoms with E-state index in [4.69, 9.17) is 9.47 Å². The van der Waals surface area contributed by atoms with Gasteiger partial charge in [0.05, 0.1) is 6.61 Å². The van der Waals surface area contributed by atoms with Gasteiger partial charge in [0.2, 0.25) is 0 Å². The summed E-state index contributed by atoms with van der Waals surface area (Å²) in [4.78, 5) is 11.9. The van der Waals surface area contributed by atoms with Crippen molar-refractivity contribution in [3.8, 4) is 16.9 Å². The Labute approximate surface area is 346 Å². The normalized spacial score (nSPS) is 16.2. The van der Waals surface area contributed by atoms with E-state index in [9.17, 15) is 4.79 Å². The number of esters is 1. The quantitative estimate of drug-likeness (QED) is 0.0276. The van der Waals surface area contributed by atoms with E-state index in [0.29, 0.717) is 11.8 Å². The Kier molecular flexibility index (Phi) is 17.3. The summed E-state index contributed by atoms with van der Waals surface area (Å²) in [5.41, 5.74) is 6.44. The molecule has 0 aliphatic heterocycles. The summed E-state index contributed by atoms with van der Waals surface area (Å²) in [7, 11) is 0. The van der Waals surface area contributed by atoms with E-state index < -0.39 is 0 Å². The zero-order valence-corrected chi connectivity index (χ0v) is 36.3. The van der Waals surface area contributed by atoms with E-state index in [1.54, 1.807) is 23.3 Å². The molecule has 1 aliphatic carbocycles. The number of benzene rings is 4. The molecular formula is C54H74O3. The Hall–Kier alpha value is -3.85. The third-order valence-corrected chi connectivity index (χ3v) is 13.5. The maximum absolute atomic E-state index is 11.9. The van der Waals surface area contributed by atoms with Gasteiger partial charge in [-0.15, -0.1) is 0 Å². The molecule has 57 heavy (non-hydrogen) atoms. The molecule has 0 fully saturated rings. The highest BCUT2D eigenvalue weighted by Gasteiger charge is 2.44. The maximum atomic E-state index is 11.9. The van der Waals surface area contributed by atoms with Crippen molar-refractivity contribution in [3.63, 3.8) is 0 Å². The van der Waals surface area contributed by atoms with Crippen molar-refractivity contribution in [2.75, 3.05) is 6.61 Å². The molecule has 4 aromatic carbocycles. The summed E-state index contributed by atoms with van der Waals surface area (Å²) in [5, 5.41) is 5.44. The topological polar surface area (TPSA) is 35.5 Å². The Morgan fingerprint density at radius 2 is 1.14 bits per heavy atom. The first-order valence-electron chi connectivity index (χ1n) is 23.0. The molecule has 0 spiro atoms. The molecule has 0 radical (unpaired) electrons. The fraction of sp³-hybridized carbons (Fsp3) is 0.537. The summed E-state index contributed by atoms with van der Waals surface area (Å²) < 4.78 is 11.4. The molecule has 3 nitrogen and oxygen atoms in total. The highest BCUT2D eigenvalue weighted by molar-refractivity contribution is 6.00. The van der Waals surface area contributed by atoms with Gasteiger partial charge in [-0.2, -0.15) is 0 Å². The van der Waals surface area contributed by atoms with E-state index in [1.165, 1.54) is 135 Å². The van der Waals surface area contributed by atoms with Crippen molar-refractivity contribution in [1.82, 2.24) is 0 Å². The molecule has 4 aromatic rings. The summed E-state index contributed by atoms with van der Waals surface area (Å²) in [6.45, 7) is 17.6. The van der Waals surface area contributed by atoms with Crippen molar-refractivity contribution in [1.29, 1.82) is 0 Å². The third-order valence-electron chi connectivity index (χ3n) is 13.5. The zero-order chi connectivity index (χ0) is 40.5. The summed E-state index contributed by atoms with van der Waals surface area (Å²) in [6.07, 6.45) is 28.1. The lowest BCUT2D eigenvalue weighted by Crippen LogP contribution is -2.40. The number of ether oxygens (including phenoxy) is 2. The summed E-state index contributed by atoms with van der Waals surface area (Å²) >= 11 is 0. The lowest BCUT2D eigenvalue weighted by molar-refractivity contribution is -0.145. The molecule has 0 heterocycles. The molecule has 0 amide bonds. The molecule has 1 atom stereocenters. The molecule has 0 aromatic heterocycles. The highest BCUT2D eigenvalue weighted by Crippen LogP contribution is 2.54. The average Bonchev–Trinajstić information content (AvgIpc) is 3.24. The predicted octanol–water partition coefficient (Wildman–Crippen LogP) is 16.1. The second kappa shape index (κ2) is 22.3. The van der Waals surface area contributed by atoms with E-state index >= 15 is 0 Å². The van der Waals surface area contributed by atoms with Gasteiger partial charge in [-0.25, -0.2) is 0 Å². The van der Waals surface area contributed by atoms with Gasteiger partial charge in [0.25, 0.3) is 0 Å². The van der Waals surface area contributed by atoms with E-state index in [-0.39, 0.29) is 17.5 Å². The van der Waals surface area contributed by atoms with Crippen LogP contribution in [0.25, 0.3) is 32.7 Å². The van der Waals surface area contributed by atoms with E-state index in [2.05, 4.69) is 108 Å². The molecule has 1 aliphatic rings. The van der Waals surface area contributed by atoms with Crippen LogP contribution in [-0.4, -0.2) is 18.7 Å². The minimum Gasteiger partial charge on any atom is -0.494 e. The van der Waals surface area contributed by atoms with Gasteiger partial charge < -0.3 is 9.47 Å². The SMILES string of the molecule is C=CC(C=C)OC(=O)CCCCCCCCCCOc1ccc(-c2ccc3cc4cc5c(cc4cc3c2)C(CC)(CC)CCC5(CCCC)CCCCCC)cc1. The minimum absolute atomic E-state index is 0.166. The van der Waals surface area contributed by atoms with Crippen molar-refractivity contribution in [3.05, 3.63) is 103 Å². The fourth-order valence-electron chi connectivity index (χ4n) is 9.66. The second-order valence-electron chi connectivity index (χ2n) is 17.2. The molecule has 0 saturated carbocycles. The largest absolute Gasteiger partial charge is 0.494 e. The first-order chi connectivity index (χ1) is 27.8. The van der Waals surface area contributed by atoms with Crippen molar-refractivity contribution in [2.45, 2.75) is 179 Å². The Bertz CT molecular complexity index is 1860. The Morgan fingerprint density at radius 3 is 1.79 bits per heavy atom. The van der Waals surface area contributed by atoms with Gasteiger partial charge in [0.1, 0.15) is 11.9 Å². The van der Waals surface area contributed by atoms with Crippen molar-refractivity contribution >= 4 is 27.5 Å². The number of fused-ring (bicyclic) bond motifs is 3. The first-order valence-corrected chi connectivity index (χ1v) is 23.0. The molecule has 0 saturated heterocycles. The second-order valence-corrected chi connectivity index (χ2v) is 17.2. The molecule has 1 unspecified atom stereocenters. The Balaban J connectivity index is 1.17. The van der Waals surface area contributed by atoms with E-state index in [1.807, 2.05) is 0 Å². The zero-order valence-electron chi connectivity index (χ0n) is 36.3. The molecule has 5 rings (SSSR count). The average molecular weight is 771 g/mol. The number of carbonyl (C=O) groups excluding carboxylic acids is 1. The van der Waals surface area contributed by atoms with Crippen molar-refractivity contribution < 1.29 is 14.3 Å². The maximum Gasteiger partial charge on any atom is 0.306 e. The number of rotatable bonds is 26. The standard InChI is InChI=1S/C54H74O3/c1-7-13-15-23-33-54(32-14-8-2)35-34-53(11-5,12-6)50-40-47-39-45-37-43(26-27-44(45)38-46(47)41-51(50)54)42-28-30-49(31-29-42)56-36-24-21-19-17-16-18-20-22-25-52(55)57-48(9-3)10-4/h9-10,26-31,37-41,48H,3-4,7-8,11-25,32-36H2,1-2,5-6H3. The fourth-order valence-corrected chi connectivity index (χ4v) is 9.66. The van der Waals surface area contributed by atoms with Gasteiger partial charge >= 0.3 is 5.97 Å². The van der Waals surface area contributed by atoms with Crippen LogP contribution in [0.15, 0.2) is 92.0 Å². The lowest BCUT2D eigenvalue weighted by atomic mass is 9.55. The molecule has 0 bridgehead atoms. The molecule has 3 heteroatoms. The van der Waals surface area contributed by atoms with Crippen LogP contribution < -0.4 is 4.74 Å². The van der Waals surface area contributed by atoms with Crippen LogP contribution in [0.2, 0.25) is 0 Å². The Morgan fingerprint density at radius 1 is 0.596 bits per heavy atom. The summed E-state index contributed by atoms with van der Waals surface area (Å²) in [6, 6.07) is 25.9. The first kappa shape index (κ1) is 44.3. The highest BCUT2D eigenvalue weighted by atomic mass is 16.5. The third kappa shape index (κ3) is 11.6. The number of hydrogen-bond acceptors (Lipinski definition) is 3. The van der Waals surface area contributed by atoms with Crippen LogP contribution >= 0.6 is 0 Å². The van der Waals surface area contributed by atoms with Crippen LogP contribution in [0.4, 0.5) is 0 Å². The van der Waals surface area contributed by atoms with Crippen LogP contribution in [0.5, 0.6) is 5.75 Å². The van der Waals surface area contributed by atoms with Crippen LogP contribution in [0, 0.1) is 0 Å². The van der Waals surface area contributed by atoms with Crippen molar-refractivity contribution in [2.24, 2.45) is 0 Å². The van der Waals surface area contributed by atoms with E-state index in [0.717, 1.165) is 38.0 Å². The van der Waals surface area contributed by atoms with Crippen LogP contribution in [0.3, 0.4) is 0 Å². The lowest BCUT2D eigenvalue weighted by Gasteiger charge is -2.49. The minimum atomic E-state index is -0.381. The summed E-state index contributed by atoms with van der Waals surface area (Å²) in [5.74, 6) is 0.776. The smallest absolute Gasteiger partial charge is 0.306 e. The van der Waals surface area contributed by atoms with Gasteiger partial charge in [-0.3, -0.25) is 4.79 Å². The predicted molar refractivity (Wildman–Crippen MR) is 246 cm³/mol. The molecular weight excluding hydrogens is 697 g/mol. The number of hydrogen-bond donors (Lipinski definition) is 0. The van der Waals surface area contributed by atoms with Gasteiger partial charge in [0.15, 0.2) is 0 Å². The van der Waals surface area contributed by atoms with Gasteiger partial charge in [-0.05, 0) is 148 Å². The number of unbranched alkanes of at least 4 members (excludes halogenated alkanes) is 11. The van der Waals surface area contributed by atoms with Gasteiger partial charge in [0, 0.05) is 6.42 Å². The van der Waals surface area contributed by atoms with Crippen LogP contribution in [-0.2, 0) is 20.4 Å². The van der Waals surface area contributed by atoms with Crippen LogP contribution in [0.1, 0.15) is 174 Å². The molecule has 308 valence electrons. The molecule has 0 N–H and O–H groups in total.